The molecule has 1 aromatic rings. The maximum absolute atomic E-state index is 11.8. The quantitative estimate of drug-likeness (QED) is 0.558. The van der Waals surface area contributed by atoms with Crippen molar-refractivity contribution in [3.63, 3.8) is 0 Å². The smallest absolute Gasteiger partial charge is 0.269 e. The predicted molar refractivity (Wildman–Crippen MR) is 77.3 cm³/mol. The lowest BCUT2D eigenvalue weighted by Crippen LogP contribution is -2.36. The number of benzene rings is 1. The molecular weight excluding hydrogens is 258 g/mol. The van der Waals surface area contributed by atoms with Gasteiger partial charge in [0.15, 0.2) is 0 Å². The van der Waals surface area contributed by atoms with Crippen LogP contribution in [0.1, 0.15) is 25.3 Å². The van der Waals surface area contributed by atoms with Gasteiger partial charge < -0.3 is 11.1 Å². The Bertz CT molecular complexity index is 445. The van der Waals surface area contributed by atoms with Crippen LogP contribution in [0.2, 0.25) is 0 Å². The Balaban J connectivity index is 2.40. The van der Waals surface area contributed by atoms with E-state index in [9.17, 15) is 14.9 Å². The van der Waals surface area contributed by atoms with Crippen LogP contribution in [0.3, 0.4) is 0 Å². The molecule has 0 aliphatic heterocycles. The monoisotopic (exact) mass is 279 g/mol. The highest BCUT2D eigenvalue weighted by Crippen LogP contribution is 2.12. The zero-order valence-corrected chi connectivity index (χ0v) is 11.7. The first-order valence-corrected chi connectivity index (χ1v) is 6.79. The van der Waals surface area contributed by atoms with Crippen molar-refractivity contribution in [3.05, 3.63) is 39.9 Å². The fourth-order valence-corrected chi connectivity index (χ4v) is 1.96. The molecule has 20 heavy (non-hydrogen) atoms. The average Bonchev–Trinajstić information content (AvgIpc) is 2.45. The second-order valence-corrected chi connectivity index (χ2v) is 4.69. The standard InChI is InChI=1S/C14H21N3O3/c1-2-3-12(10-15)14(18)16-9-8-11-4-6-13(7-5-11)17(19)20/h4-7,12H,2-3,8-10,15H2,1H3,(H,16,18). The highest BCUT2D eigenvalue weighted by molar-refractivity contribution is 5.78. The van der Waals surface area contributed by atoms with Crippen LogP contribution in [0.15, 0.2) is 24.3 Å². The van der Waals surface area contributed by atoms with Crippen LogP contribution >= 0.6 is 0 Å². The van der Waals surface area contributed by atoms with Crippen LogP contribution in [0.5, 0.6) is 0 Å². The van der Waals surface area contributed by atoms with E-state index in [4.69, 9.17) is 5.73 Å². The number of nitrogens with two attached hydrogens (primary N) is 1. The van der Waals surface area contributed by atoms with Crippen molar-refractivity contribution in [1.82, 2.24) is 5.32 Å². The number of amides is 1. The number of nitro groups is 1. The van der Waals surface area contributed by atoms with E-state index in [0.29, 0.717) is 19.5 Å². The maximum Gasteiger partial charge on any atom is 0.269 e. The highest BCUT2D eigenvalue weighted by atomic mass is 16.6. The van der Waals surface area contributed by atoms with Crippen LogP contribution in [0, 0.1) is 16.0 Å². The summed E-state index contributed by atoms with van der Waals surface area (Å²) >= 11 is 0. The Hall–Kier alpha value is -1.95. The first kappa shape index (κ1) is 16.1. The zero-order chi connectivity index (χ0) is 15.0. The van der Waals surface area contributed by atoms with E-state index in [0.717, 1.165) is 18.4 Å². The number of carbonyl (C=O) groups is 1. The number of hydrogen-bond donors (Lipinski definition) is 2. The van der Waals surface area contributed by atoms with Gasteiger partial charge in [-0.2, -0.15) is 0 Å². The molecule has 0 spiro atoms. The Labute approximate surface area is 118 Å². The summed E-state index contributed by atoms with van der Waals surface area (Å²) in [6.45, 7) is 2.89. The van der Waals surface area contributed by atoms with Crippen LogP contribution in [-0.4, -0.2) is 23.9 Å². The first-order chi connectivity index (χ1) is 9.58. The Kier molecular flexibility index (Phi) is 6.66. The molecule has 0 aliphatic rings. The lowest BCUT2D eigenvalue weighted by atomic mass is 10.0. The SMILES string of the molecule is CCCC(CN)C(=O)NCCc1ccc([N+](=O)[O-])cc1. The largest absolute Gasteiger partial charge is 0.355 e. The van der Waals surface area contributed by atoms with Crippen LogP contribution in [0.25, 0.3) is 0 Å². The minimum Gasteiger partial charge on any atom is -0.355 e. The molecule has 6 heteroatoms. The Morgan fingerprint density at radius 3 is 2.55 bits per heavy atom. The molecule has 0 aliphatic carbocycles. The lowest BCUT2D eigenvalue weighted by Gasteiger charge is -2.13. The Morgan fingerprint density at radius 2 is 2.05 bits per heavy atom. The molecule has 1 amide bonds. The molecule has 1 unspecified atom stereocenters. The molecule has 1 aromatic carbocycles. The van der Waals surface area contributed by atoms with Crippen molar-refractivity contribution in [2.45, 2.75) is 26.2 Å². The Morgan fingerprint density at radius 1 is 1.40 bits per heavy atom. The van der Waals surface area contributed by atoms with Gasteiger partial charge in [-0.3, -0.25) is 14.9 Å². The minimum absolute atomic E-state index is 0.0174. The number of nitro benzene ring substituents is 1. The first-order valence-electron chi connectivity index (χ1n) is 6.79. The van der Waals surface area contributed by atoms with Crippen molar-refractivity contribution in [2.24, 2.45) is 11.7 Å². The molecule has 0 bridgehead atoms. The number of rotatable bonds is 8. The van der Waals surface area contributed by atoms with Gasteiger partial charge in [0.1, 0.15) is 0 Å². The fraction of sp³-hybridized carbons (Fsp3) is 0.500. The third kappa shape index (κ3) is 4.97. The van der Waals surface area contributed by atoms with Gasteiger partial charge in [-0.1, -0.05) is 25.5 Å². The molecule has 0 fully saturated rings. The minimum atomic E-state index is -0.428. The van der Waals surface area contributed by atoms with E-state index in [-0.39, 0.29) is 17.5 Å². The molecule has 3 N–H and O–H groups in total. The molecule has 0 saturated heterocycles. The van der Waals surface area contributed by atoms with Crippen molar-refractivity contribution in [2.75, 3.05) is 13.1 Å². The van der Waals surface area contributed by atoms with Gasteiger partial charge in [0.2, 0.25) is 5.91 Å². The van der Waals surface area contributed by atoms with Crippen LogP contribution in [-0.2, 0) is 11.2 Å². The van der Waals surface area contributed by atoms with Gasteiger partial charge >= 0.3 is 0 Å². The molecule has 0 saturated carbocycles. The summed E-state index contributed by atoms with van der Waals surface area (Å²) in [5.41, 5.74) is 6.59. The summed E-state index contributed by atoms with van der Waals surface area (Å²) in [6, 6.07) is 6.35. The summed E-state index contributed by atoms with van der Waals surface area (Å²) in [4.78, 5) is 21.9. The number of carbonyl (C=O) groups excluding carboxylic acids is 1. The second kappa shape index (κ2) is 8.27. The average molecular weight is 279 g/mol. The number of non-ortho nitro benzene ring substituents is 1. The summed E-state index contributed by atoms with van der Waals surface area (Å²) in [5.74, 6) is -0.145. The normalized spacial score (nSPS) is 11.9. The lowest BCUT2D eigenvalue weighted by molar-refractivity contribution is -0.384. The molecule has 0 aromatic heterocycles. The van der Waals surface area contributed by atoms with E-state index < -0.39 is 4.92 Å². The third-order valence-electron chi connectivity index (χ3n) is 3.15. The van der Waals surface area contributed by atoms with Crippen molar-refractivity contribution in [3.8, 4) is 0 Å². The fourth-order valence-electron chi connectivity index (χ4n) is 1.96. The van der Waals surface area contributed by atoms with Crippen molar-refractivity contribution in [1.29, 1.82) is 0 Å². The van der Waals surface area contributed by atoms with Gasteiger partial charge in [-0.25, -0.2) is 0 Å². The van der Waals surface area contributed by atoms with Crippen molar-refractivity contribution < 1.29 is 9.72 Å². The maximum atomic E-state index is 11.8. The number of hydrogen-bond acceptors (Lipinski definition) is 4. The molecule has 0 radical (unpaired) electrons. The molecule has 110 valence electrons. The summed E-state index contributed by atoms with van der Waals surface area (Å²) in [7, 11) is 0. The van der Waals surface area contributed by atoms with Gasteiger partial charge in [0.05, 0.1) is 10.8 Å². The van der Waals surface area contributed by atoms with E-state index >= 15 is 0 Å². The van der Waals surface area contributed by atoms with E-state index in [1.165, 1.54) is 12.1 Å². The van der Waals surface area contributed by atoms with Crippen molar-refractivity contribution >= 4 is 11.6 Å². The summed E-state index contributed by atoms with van der Waals surface area (Å²) in [5, 5.41) is 13.4. The predicted octanol–water partition coefficient (Wildman–Crippen LogP) is 1.63. The van der Waals surface area contributed by atoms with Gasteiger partial charge in [0, 0.05) is 25.2 Å². The highest BCUT2D eigenvalue weighted by Gasteiger charge is 2.14. The van der Waals surface area contributed by atoms with Gasteiger partial charge in [-0.15, -0.1) is 0 Å². The van der Waals surface area contributed by atoms with Gasteiger partial charge in [-0.05, 0) is 18.4 Å². The number of nitrogens with one attached hydrogen (secondary N) is 1. The third-order valence-corrected chi connectivity index (χ3v) is 3.15. The second-order valence-electron chi connectivity index (χ2n) is 4.69. The summed E-state index contributed by atoms with van der Waals surface area (Å²) < 4.78 is 0. The zero-order valence-electron chi connectivity index (χ0n) is 11.7. The molecule has 1 atom stereocenters. The molecule has 1 rings (SSSR count). The number of nitrogens with zero attached hydrogens (tertiary/aromatic N) is 1. The molecular formula is C14H21N3O3. The van der Waals surface area contributed by atoms with E-state index in [1.54, 1.807) is 12.1 Å². The van der Waals surface area contributed by atoms with Crippen LogP contribution < -0.4 is 11.1 Å². The molecule has 6 nitrogen and oxygen atoms in total. The van der Waals surface area contributed by atoms with E-state index in [2.05, 4.69) is 5.32 Å². The topological polar surface area (TPSA) is 98.3 Å². The molecule has 0 heterocycles. The van der Waals surface area contributed by atoms with Crippen LogP contribution in [0.4, 0.5) is 5.69 Å². The van der Waals surface area contributed by atoms with Gasteiger partial charge in [0.25, 0.3) is 5.69 Å². The van der Waals surface area contributed by atoms with E-state index in [1.807, 2.05) is 6.92 Å². The summed E-state index contributed by atoms with van der Waals surface area (Å²) in [6.07, 6.45) is 2.37.